The first-order valence-corrected chi connectivity index (χ1v) is 20.1. The topological polar surface area (TPSA) is 38.7 Å². The first-order chi connectivity index (χ1) is 28.5. The summed E-state index contributed by atoms with van der Waals surface area (Å²) in [6, 6.07) is 67.4. The summed E-state index contributed by atoms with van der Waals surface area (Å²) in [4.78, 5) is 15.0. The van der Waals surface area contributed by atoms with Crippen LogP contribution in [0.2, 0.25) is 0 Å². The highest BCUT2D eigenvalue weighted by molar-refractivity contribution is 5.92. The van der Waals surface area contributed by atoms with Gasteiger partial charge in [0.25, 0.3) is 0 Å². The molecule has 9 aromatic rings. The minimum Gasteiger partial charge on any atom is -0.208 e. The zero-order valence-corrected chi connectivity index (χ0v) is 32.4. The molecule has 0 spiro atoms. The molecule has 11 rings (SSSR count). The van der Waals surface area contributed by atoms with E-state index in [-0.39, 0.29) is 12.8 Å². The van der Waals surface area contributed by atoms with Crippen molar-refractivity contribution in [2.45, 2.75) is 33.1 Å². The minimum absolute atomic E-state index is 0. The van der Waals surface area contributed by atoms with Crippen molar-refractivity contribution in [1.29, 1.82) is 0 Å². The molecule has 1 heterocycles. The van der Waals surface area contributed by atoms with Crippen LogP contribution in [0.15, 0.2) is 188 Å². The normalized spacial score (nSPS) is 12.8. The highest BCUT2D eigenvalue weighted by atomic mass is 15.0. The average molecular weight is 758 g/mol. The van der Waals surface area contributed by atoms with Gasteiger partial charge in [0.05, 0.1) is 0 Å². The van der Waals surface area contributed by atoms with Crippen molar-refractivity contribution < 1.29 is 0 Å². The van der Waals surface area contributed by atoms with Crippen LogP contribution in [0.5, 0.6) is 0 Å². The van der Waals surface area contributed by atoms with Crippen LogP contribution >= 0.6 is 0 Å². The molecule has 282 valence electrons. The molecular formula is C56H43N3. The lowest BCUT2D eigenvalue weighted by molar-refractivity contribution is 0.660. The summed E-state index contributed by atoms with van der Waals surface area (Å²) in [5, 5.41) is 0. The van der Waals surface area contributed by atoms with E-state index in [1.807, 2.05) is 60.7 Å². The van der Waals surface area contributed by atoms with Crippen molar-refractivity contribution in [3.8, 4) is 89.8 Å². The Morgan fingerprint density at radius 2 is 0.780 bits per heavy atom. The van der Waals surface area contributed by atoms with Gasteiger partial charge in [-0.1, -0.05) is 191 Å². The summed E-state index contributed by atoms with van der Waals surface area (Å²) in [5.41, 5.74) is 21.1. The van der Waals surface area contributed by atoms with Gasteiger partial charge in [0, 0.05) is 22.1 Å². The van der Waals surface area contributed by atoms with E-state index in [9.17, 15) is 0 Å². The predicted molar refractivity (Wildman–Crippen MR) is 245 cm³/mol. The van der Waals surface area contributed by atoms with E-state index in [1.54, 1.807) is 0 Å². The molecule has 3 heteroatoms. The Morgan fingerprint density at radius 1 is 0.322 bits per heavy atom. The molecule has 0 aliphatic heterocycles. The van der Waals surface area contributed by atoms with Gasteiger partial charge in [-0.3, -0.25) is 0 Å². The monoisotopic (exact) mass is 757 g/mol. The van der Waals surface area contributed by atoms with Crippen LogP contribution in [0, 0.1) is 0 Å². The largest absolute Gasteiger partial charge is 0.208 e. The van der Waals surface area contributed by atoms with Crippen molar-refractivity contribution in [3.63, 3.8) is 0 Å². The van der Waals surface area contributed by atoms with Crippen LogP contribution in [0.1, 0.15) is 43.5 Å². The molecule has 8 aromatic carbocycles. The standard InChI is InChI=1S/C55H39N3.CH4/c1-55(2)50-30-28-38(35-15-6-3-7-16-35)32-49(50)46-29-27-40(33-51(46)55)43-24-14-26-45-44-25-13-23-42(47(44)34-48(43)45)39-21-12-22-41(31-39)54-57-52(36-17-8-4-9-18-36)56-53(58-54)37-19-10-5-11-20-37;/h3-33H,34H2,1-2H3;1H4. The molecule has 0 saturated heterocycles. The van der Waals surface area contributed by atoms with E-state index in [0.717, 1.165) is 28.7 Å². The Morgan fingerprint density at radius 3 is 1.37 bits per heavy atom. The van der Waals surface area contributed by atoms with E-state index in [1.165, 1.54) is 72.3 Å². The molecule has 0 amide bonds. The van der Waals surface area contributed by atoms with E-state index in [2.05, 4.69) is 141 Å². The quantitative estimate of drug-likeness (QED) is 0.170. The molecule has 2 aliphatic rings. The fourth-order valence-electron chi connectivity index (χ4n) is 9.27. The summed E-state index contributed by atoms with van der Waals surface area (Å²) in [6.45, 7) is 4.74. The molecule has 0 saturated carbocycles. The second-order valence-electron chi connectivity index (χ2n) is 16.0. The van der Waals surface area contributed by atoms with Crippen molar-refractivity contribution in [3.05, 3.63) is 210 Å². The number of aromatic nitrogens is 3. The van der Waals surface area contributed by atoms with Gasteiger partial charge in [0.15, 0.2) is 17.5 Å². The number of benzene rings is 8. The fourth-order valence-corrected chi connectivity index (χ4v) is 9.27. The molecule has 0 unspecified atom stereocenters. The smallest absolute Gasteiger partial charge is 0.164 e. The van der Waals surface area contributed by atoms with Gasteiger partial charge in [-0.2, -0.15) is 0 Å². The van der Waals surface area contributed by atoms with Gasteiger partial charge in [-0.15, -0.1) is 0 Å². The lowest BCUT2D eigenvalue weighted by atomic mass is 9.81. The maximum atomic E-state index is 5.03. The molecule has 0 radical (unpaired) electrons. The Kier molecular flexibility index (Phi) is 8.76. The second-order valence-corrected chi connectivity index (χ2v) is 16.0. The maximum Gasteiger partial charge on any atom is 0.164 e. The molecule has 0 bridgehead atoms. The number of hydrogen-bond acceptors (Lipinski definition) is 3. The van der Waals surface area contributed by atoms with Crippen molar-refractivity contribution in [2.75, 3.05) is 0 Å². The molecule has 0 fully saturated rings. The summed E-state index contributed by atoms with van der Waals surface area (Å²) in [7, 11) is 0. The second kappa shape index (κ2) is 14.3. The molecule has 2 aliphatic carbocycles. The predicted octanol–water partition coefficient (Wildman–Crippen LogP) is 14.4. The third kappa shape index (κ3) is 6.09. The molecular weight excluding hydrogens is 715 g/mol. The van der Waals surface area contributed by atoms with Crippen molar-refractivity contribution in [2.24, 2.45) is 0 Å². The van der Waals surface area contributed by atoms with Gasteiger partial charge in [0.2, 0.25) is 0 Å². The van der Waals surface area contributed by atoms with E-state index in [0.29, 0.717) is 17.5 Å². The van der Waals surface area contributed by atoms with Crippen LogP contribution in [0.25, 0.3) is 89.8 Å². The third-order valence-electron chi connectivity index (χ3n) is 12.2. The summed E-state index contributed by atoms with van der Waals surface area (Å²) >= 11 is 0. The molecule has 0 atom stereocenters. The average Bonchev–Trinajstić information content (AvgIpc) is 3.78. The first kappa shape index (κ1) is 36.1. The third-order valence-corrected chi connectivity index (χ3v) is 12.2. The van der Waals surface area contributed by atoms with Crippen LogP contribution in [0.4, 0.5) is 0 Å². The lowest BCUT2D eigenvalue weighted by Gasteiger charge is -2.22. The number of hydrogen-bond donors (Lipinski definition) is 0. The van der Waals surface area contributed by atoms with E-state index >= 15 is 0 Å². The SMILES string of the molecule is C.CC1(C)c2ccc(-c3ccccc3)cc2-c2ccc(-c3cccc4c3Cc3c(-c5cccc(-c6nc(-c7ccccc7)nc(-c7ccccc7)n6)c5)cccc3-4)cc21. The zero-order chi connectivity index (χ0) is 38.8. The fraction of sp³-hybridized carbons (Fsp3) is 0.0893. The Hall–Kier alpha value is -7.23. The maximum absolute atomic E-state index is 5.03. The summed E-state index contributed by atoms with van der Waals surface area (Å²) < 4.78 is 0. The van der Waals surface area contributed by atoms with Gasteiger partial charge in [-0.25, -0.2) is 15.0 Å². The van der Waals surface area contributed by atoms with Crippen LogP contribution in [-0.2, 0) is 11.8 Å². The lowest BCUT2D eigenvalue weighted by Crippen LogP contribution is -2.15. The van der Waals surface area contributed by atoms with Crippen LogP contribution in [-0.4, -0.2) is 15.0 Å². The van der Waals surface area contributed by atoms with Gasteiger partial charge < -0.3 is 0 Å². The van der Waals surface area contributed by atoms with Gasteiger partial charge >= 0.3 is 0 Å². The van der Waals surface area contributed by atoms with Crippen LogP contribution in [0.3, 0.4) is 0 Å². The highest BCUT2D eigenvalue weighted by Gasteiger charge is 2.36. The molecule has 59 heavy (non-hydrogen) atoms. The van der Waals surface area contributed by atoms with Gasteiger partial charge in [0.1, 0.15) is 0 Å². The Bertz CT molecular complexity index is 2980. The molecule has 1 aromatic heterocycles. The summed E-state index contributed by atoms with van der Waals surface area (Å²) in [5.74, 6) is 1.98. The molecule has 3 nitrogen and oxygen atoms in total. The van der Waals surface area contributed by atoms with Gasteiger partial charge in [-0.05, 0) is 103 Å². The van der Waals surface area contributed by atoms with Crippen molar-refractivity contribution >= 4 is 0 Å². The van der Waals surface area contributed by atoms with Crippen LogP contribution < -0.4 is 0 Å². The Balaban J connectivity index is 0.00000420. The first-order valence-electron chi connectivity index (χ1n) is 20.1. The number of fused-ring (bicyclic) bond motifs is 6. The van der Waals surface area contributed by atoms with E-state index < -0.39 is 0 Å². The van der Waals surface area contributed by atoms with E-state index in [4.69, 9.17) is 15.0 Å². The Labute approximate surface area is 346 Å². The summed E-state index contributed by atoms with van der Waals surface area (Å²) in [6.07, 6.45) is 0.866. The number of rotatable bonds is 6. The minimum atomic E-state index is -0.1000. The highest BCUT2D eigenvalue weighted by Crippen LogP contribution is 2.52. The number of nitrogens with zero attached hydrogens (tertiary/aromatic N) is 3. The van der Waals surface area contributed by atoms with Crippen molar-refractivity contribution in [1.82, 2.24) is 15.0 Å². The molecule has 0 N–H and O–H groups in total. The zero-order valence-electron chi connectivity index (χ0n) is 32.4.